The molecule has 0 amide bonds. The van der Waals surface area contributed by atoms with Crippen molar-refractivity contribution in [2.45, 2.75) is 329 Å². The van der Waals surface area contributed by atoms with Crippen LogP contribution in [0.5, 0.6) is 0 Å². The van der Waals surface area contributed by atoms with E-state index in [1.165, 1.54) is 250 Å². The van der Waals surface area contributed by atoms with Gasteiger partial charge in [-0.05, 0) is 96.3 Å². The van der Waals surface area contributed by atoms with Crippen LogP contribution in [-0.4, -0.2) is 33.2 Å². The Kier molecular flexibility index (Phi) is 74.9. The van der Waals surface area contributed by atoms with Crippen LogP contribution in [0.25, 0.3) is 0 Å². The van der Waals surface area contributed by atoms with E-state index in [1.54, 1.807) is 0 Å². The maximum Gasteiger partial charge on any atom is 0.303 e. The Balaban J connectivity index is -0.000000441. The van der Waals surface area contributed by atoms with Gasteiger partial charge in [0.05, 0.1) is 0 Å². The van der Waals surface area contributed by atoms with Crippen LogP contribution < -0.4 is 0 Å². The molecule has 0 spiro atoms. The van der Waals surface area contributed by atoms with E-state index >= 15 is 0 Å². The molecule has 0 aliphatic carbocycles. The fourth-order valence-corrected chi connectivity index (χ4v) is 8.10. The Hall–Kier alpha value is -1.02. The molecular weight excluding hydrogens is 961 g/mol. The van der Waals surface area contributed by atoms with Crippen molar-refractivity contribution in [1.29, 1.82) is 0 Å². The number of carboxylic acid groups (broad SMARTS) is 3. The van der Waals surface area contributed by atoms with Crippen molar-refractivity contribution < 1.29 is 70.5 Å². The molecule has 0 aliphatic heterocycles. The van der Waals surface area contributed by atoms with Gasteiger partial charge in [0.1, 0.15) is 0 Å². The molecule has 0 rings (SSSR count). The zero-order chi connectivity index (χ0) is 48.9. The summed E-state index contributed by atoms with van der Waals surface area (Å²) in [5.74, 6) is -1.98. The first-order chi connectivity index (χ1) is 32.3. The van der Waals surface area contributed by atoms with Crippen molar-refractivity contribution in [2.75, 3.05) is 0 Å². The van der Waals surface area contributed by atoms with Gasteiger partial charge in [-0.25, -0.2) is 0 Å². The Morgan fingerprint density at radius 1 is 0.239 bits per heavy atom. The van der Waals surface area contributed by atoms with Gasteiger partial charge in [0.25, 0.3) is 0 Å². The van der Waals surface area contributed by atoms with E-state index in [-0.39, 0.29) is 40.8 Å². The van der Waals surface area contributed by atoms with E-state index in [4.69, 9.17) is 15.3 Å². The van der Waals surface area contributed by atoms with Crippen LogP contribution in [0.4, 0.5) is 0 Å². The van der Waals surface area contributed by atoms with Crippen molar-refractivity contribution in [3.05, 3.63) is 36.5 Å². The van der Waals surface area contributed by atoms with E-state index in [2.05, 4.69) is 57.2 Å². The summed E-state index contributed by atoms with van der Waals surface area (Å²) in [6.45, 7) is 6.80. The third kappa shape index (κ3) is 82.2. The van der Waals surface area contributed by atoms with Crippen LogP contribution in [0.3, 0.4) is 0 Å². The number of hydrogen-bond acceptors (Lipinski definition) is 3. The van der Waals surface area contributed by atoms with Crippen molar-refractivity contribution in [1.82, 2.24) is 0 Å². The van der Waals surface area contributed by atoms with Gasteiger partial charge >= 0.3 is 17.9 Å². The first kappa shape index (κ1) is 72.5. The SMILES string of the molecule is CCCCCCCC/C=C\CCCCCCCCCC(=O)O.CCCCCCCC/C=C\CCCCCCCCCC(=O)O.CCCCCCCC/C=C\CCCCCCCCCC(=O)O.[Nd]. The maximum absolute atomic E-state index is 10.4. The van der Waals surface area contributed by atoms with Gasteiger partial charge in [-0.1, -0.05) is 250 Å². The average molecular weight is 1080 g/mol. The van der Waals surface area contributed by atoms with Crippen LogP contribution in [0.1, 0.15) is 329 Å². The quantitative estimate of drug-likeness (QED) is 0.0413. The summed E-state index contributed by atoms with van der Waals surface area (Å²) in [5.41, 5.74) is 0. The zero-order valence-electron chi connectivity index (χ0n) is 45.0. The largest absolute Gasteiger partial charge is 0.481 e. The van der Waals surface area contributed by atoms with Crippen LogP contribution in [0.15, 0.2) is 36.5 Å². The molecule has 0 atom stereocenters. The van der Waals surface area contributed by atoms with Gasteiger partial charge in [-0.3, -0.25) is 14.4 Å². The van der Waals surface area contributed by atoms with E-state index in [9.17, 15) is 14.4 Å². The molecule has 0 aromatic rings. The van der Waals surface area contributed by atoms with Gasteiger partial charge in [-0.15, -0.1) is 0 Å². The third-order valence-electron chi connectivity index (χ3n) is 12.5. The normalized spacial score (nSPS) is 11.1. The minimum Gasteiger partial charge on any atom is -0.481 e. The molecule has 0 unspecified atom stereocenters. The predicted molar refractivity (Wildman–Crippen MR) is 289 cm³/mol. The van der Waals surface area contributed by atoms with E-state index < -0.39 is 17.9 Å². The minimum atomic E-state index is -0.659. The minimum absolute atomic E-state index is 0. The van der Waals surface area contributed by atoms with Crippen LogP contribution in [0.2, 0.25) is 0 Å². The second kappa shape index (κ2) is 69.2. The average Bonchev–Trinajstić information content (AvgIpc) is 3.29. The summed E-state index contributed by atoms with van der Waals surface area (Å²) >= 11 is 0. The van der Waals surface area contributed by atoms with Crippen molar-refractivity contribution in [3.63, 3.8) is 0 Å². The summed E-state index contributed by atoms with van der Waals surface area (Å²) < 4.78 is 0. The second-order valence-electron chi connectivity index (χ2n) is 19.3. The van der Waals surface area contributed by atoms with E-state index in [0.29, 0.717) is 19.3 Å². The Bertz CT molecular complexity index is 911. The van der Waals surface area contributed by atoms with Gasteiger partial charge < -0.3 is 15.3 Å². The summed E-state index contributed by atoms with van der Waals surface area (Å²) in [6.07, 6.45) is 72.5. The molecule has 0 radical (unpaired) electrons. The van der Waals surface area contributed by atoms with Gasteiger partial charge in [0.2, 0.25) is 0 Å². The Morgan fingerprint density at radius 2 is 0.373 bits per heavy atom. The topological polar surface area (TPSA) is 112 Å². The third-order valence-corrected chi connectivity index (χ3v) is 12.5. The van der Waals surface area contributed by atoms with Crippen LogP contribution in [0, 0.1) is 40.8 Å². The molecule has 6 nitrogen and oxygen atoms in total. The van der Waals surface area contributed by atoms with Gasteiger partial charge in [-0.2, -0.15) is 0 Å². The summed E-state index contributed by atoms with van der Waals surface area (Å²) in [7, 11) is 0. The van der Waals surface area contributed by atoms with Crippen molar-refractivity contribution >= 4 is 17.9 Å². The molecule has 0 aliphatic rings. The van der Waals surface area contributed by atoms with Gasteiger partial charge in [0.15, 0.2) is 0 Å². The number of carbonyl (C=O) groups is 3. The van der Waals surface area contributed by atoms with Crippen molar-refractivity contribution in [3.8, 4) is 0 Å². The molecule has 0 bridgehead atoms. The summed E-state index contributed by atoms with van der Waals surface area (Å²) in [5, 5.41) is 25.6. The maximum atomic E-state index is 10.4. The molecule has 0 fully saturated rings. The molecule has 0 aromatic carbocycles. The second-order valence-corrected chi connectivity index (χ2v) is 19.3. The number of hydrogen-bond donors (Lipinski definition) is 3. The first-order valence-corrected chi connectivity index (χ1v) is 28.9. The molecule has 0 saturated carbocycles. The van der Waals surface area contributed by atoms with Crippen LogP contribution in [-0.2, 0) is 14.4 Å². The molecule has 0 aromatic heterocycles. The first-order valence-electron chi connectivity index (χ1n) is 28.9. The zero-order valence-corrected chi connectivity index (χ0v) is 48.2. The molecule has 394 valence electrons. The molecule has 0 heterocycles. The number of allylic oxidation sites excluding steroid dienone is 6. The number of carboxylic acids is 3. The smallest absolute Gasteiger partial charge is 0.303 e. The fourth-order valence-electron chi connectivity index (χ4n) is 8.10. The van der Waals surface area contributed by atoms with Crippen molar-refractivity contribution in [2.24, 2.45) is 0 Å². The molecular formula is C60H114NdO6. The van der Waals surface area contributed by atoms with E-state index in [0.717, 1.165) is 38.5 Å². The fraction of sp³-hybridized carbons (Fsp3) is 0.850. The number of unbranched alkanes of at least 4 members (excludes halogenated alkanes) is 39. The number of aliphatic carboxylic acids is 3. The van der Waals surface area contributed by atoms with E-state index in [1.807, 2.05) is 0 Å². The Morgan fingerprint density at radius 3 is 0.522 bits per heavy atom. The van der Waals surface area contributed by atoms with Gasteiger partial charge in [0, 0.05) is 60.1 Å². The van der Waals surface area contributed by atoms with Crippen LogP contribution >= 0.6 is 0 Å². The molecule has 7 heteroatoms. The summed E-state index contributed by atoms with van der Waals surface area (Å²) in [4.78, 5) is 31.1. The Labute approximate surface area is 450 Å². The molecule has 0 saturated heterocycles. The monoisotopic (exact) mass is 1070 g/mol. The molecule has 3 N–H and O–H groups in total. The predicted octanol–water partition coefficient (Wildman–Crippen LogP) is 20.7. The molecule has 67 heavy (non-hydrogen) atoms. The standard InChI is InChI=1S/3C20H38O2.Nd/c3*1-2-3-4-5-6-7-8-9-10-11-12-13-14-15-16-17-18-19-20(21)22;/h3*9-10H,2-8,11-19H2,1H3,(H,21,22);/b3*10-9-;. The summed E-state index contributed by atoms with van der Waals surface area (Å²) in [6, 6.07) is 0. The number of rotatable bonds is 51.